The number of pyridine rings is 1. The normalized spacial score (nSPS) is 14.8. The van der Waals surface area contributed by atoms with Crippen LogP contribution in [0.2, 0.25) is 0 Å². The maximum absolute atomic E-state index is 14.2. The van der Waals surface area contributed by atoms with Crippen LogP contribution in [-0.2, 0) is 13.5 Å². The maximum Gasteiger partial charge on any atom is 0.170 e. The van der Waals surface area contributed by atoms with Crippen molar-refractivity contribution in [2.75, 3.05) is 5.73 Å². The molecule has 1 atom stereocenters. The van der Waals surface area contributed by atoms with Crippen LogP contribution in [-0.4, -0.2) is 19.7 Å². The van der Waals surface area contributed by atoms with Crippen LogP contribution < -0.4 is 10.5 Å². The molecule has 0 amide bonds. The minimum atomic E-state index is -0.501. The van der Waals surface area contributed by atoms with E-state index in [1.165, 1.54) is 12.1 Å². The summed E-state index contributed by atoms with van der Waals surface area (Å²) in [6.07, 6.45) is 1.56. The smallest absolute Gasteiger partial charge is 0.170 e. The van der Waals surface area contributed by atoms with Crippen molar-refractivity contribution in [3.8, 4) is 33.4 Å². The van der Waals surface area contributed by atoms with Gasteiger partial charge in [0.25, 0.3) is 0 Å². The molecular formula is C23H19FN6OS. The van der Waals surface area contributed by atoms with Gasteiger partial charge in [-0.3, -0.25) is 4.68 Å². The molecule has 1 aliphatic rings. The van der Waals surface area contributed by atoms with E-state index >= 15 is 0 Å². The highest BCUT2D eigenvalue weighted by Crippen LogP contribution is 2.41. The van der Waals surface area contributed by atoms with Crippen LogP contribution in [0.25, 0.3) is 21.6 Å². The van der Waals surface area contributed by atoms with Crippen molar-refractivity contribution in [3.63, 3.8) is 0 Å². The number of ether oxygens (including phenoxy) is 1. The summed E-state index contributed by atoms with van der Waals surface area (Å²) in [4.78, 5) is 10.00. The number of rotatable bonds is 0. The fourth-order valence-corrected chi connectivity index (χ4v) is 5.10. The Labute approximate surface area is 187 Å². The van der Waals surface area contributed by atoms with Gasteiger partial charge in [-0.25, -0.2) is 14.4 Å². The predicted molar refractivity (Wildman–Crippen MR) is 120 cm³/mol. The van der Waals surface area contributed by atoms with E-state index in [1.54, 1.807) is 41.4 Å². The van der Waals surface area contributed by atoms with E-state index in [0.717, 1.165) is 26.8 Å². The lowest BCUT2D eigenvalue weighted by atomic mass is 9.97. The van der Waals surface area contributed by atoms with Gasteiger partial charge in [0.1, 0.15) is 18.0 Å². The molecule has 7 nitrogen and oxygen atoms in total. The molecule has 0 saturated heterocycles. The first-order valence-corrected chi connectivity index (χ1v) is 10.8. The Morgan fingerprint density at radius 3 is 2.94 bits per heavy atom. The molecule has 0 fully saturated rings. The van der Waals surface area contributed by atoms with Crippen molar-refractivity contribution in [2.45, 2.75) is 26.4 Å². The summed E-state index contributed by atoms with van der Waals surface area (Å²) in [7, 11) is 1.80. The molecule has 2 bridgehead atoms. The third kappa shape index (κ3) is 3.20. The number of hydrogen-bond acceptors (Lipinski definition) is 7. The standard InChI is InChI=1S/C23H19FN6OS/c1-11-16-7-14(24)4-5-15(16)22-17(28-12(2)32-22)8-19-21(18(9-25)29-30(19)3)13-6-20(31-11)23(26)27-10-13/h4-7,10-11H,8H2,1-3H3,(H2,26,27). The molecule has 0 aliphatic carbocycles. The highest BCUT2D eigenvalue weighted by atomic mass is 32.1. The second kappa shape index (κ2) is 7.43. The Kier molecular flexibility index (Phi) is 4.68. The van der Waals surface area contributed by atoms with Crippen LogP contribution >= 0.6 is 11.3 Å². The Balaban J connectivity index is 1.85. The summed E-state index contributed by atoms with van der Waals surface area (Å²) in [5, 5.41) is 15.0. The molecule has 32 heavy (non-hydrogen) atoms. The molecule has 4 heterocycles. The number of nitriles is 1. The Morgan fingerprint density at radius 1 is 1.34 bits per heavy atom. The lowest BCUT2D eigenvalue weighted by Gasteiger charge is -2.21. The summed E-state index contributed by atoms with van der Waals surface area (Å²) in [6, 6.07) is 8.63. The number of anilines is 1. The number of nitrogens with two attached hydrogens (primary N) is 1. The molecule has 1 aliphatic heterocycles. The fourth-order valence-electron chi connectivity index (χ4n) is 4.12. The van der Waals surface area contributed by atoms with Gasteiger partial charge in [-0.05, 0) is 32.0 Å². The van der Waals surface area contributed by atoms with E-state index in [1.807, 2.05) is 13.8 Å². The minimum Gasteiger partial charge on any atom is -0.482 e. The Bertz CT molecular complexity index is 1420. The zero-order valence-electron chi connectivity index (χ0n) is 17.7. The molecular weight excluding hydrogens is 427 g/mol. The van der Waals surface area contributed by atoms with Gasteiger partial charge in [0.2, 0.25) is 0 Å². The minimum absolute atomic E-state index is 0.217. The molecule has 3 aromatic heterocycles. The molecule has 9 heteroatoms. The second-order valence-electron chi connectivity index (χ2n) is 7.69. The van der Waals surface area contributed by atoms with Gasteiger partial charge in [-0.1, -0.05) is 6.07 Å². The first-order valence-electron chi connectivity index (χ1n) is 10.00. The number of nitrogens with zero attached hydrogens (tertiary/aromatic N) is 5. The van der Waals surface area contributed by atoms with Gasteiger partial charge >= 0.3 is 0 Å². The second-order valence-corrected chi connectivity index (χ2v) is 8.89. The number of hydrogen-bond donors (Lipinski definition) is 1. The summed E-state index contributed by atoms with van der Waals surface area (Å²) >= 11 is 1.54. The highest BCUT2D eigenvalue weighted by Gasteiger charge is 2.26. The zero-order valence-corrected chi connectivity index (χ0v) is 18.5. The SMILES string of the molecule is Cc1nc2c(s1)-c1ccc(F)cc1C(C)Oc1cc(cnc1N)-c1c(C#N)nn(C)c1C2. The fraction of sp³-hybridized carbons (Fsp3) is 0.217. The molecule has 1 unspecified atom stereocenters. The first kappa shape index (κ1) is 20.2. The molecule has 2 N–H and O–H groups in total. The van der Waals surface area contributed by atoms with Crippen LogP contribution in [0.1, 0.15) is 40.7 Å². The lowest BCUT2D eigenvalue weighted by molar-refractivity contribution is 0.228. The average Bonchev–Trinajstić information content (AvgIpc) is 3.28. The third-order valence-corrected chi connectivity index (χ3v) is 6.63. The largest absolute Gasteiger partial charge is 0.482 e. The molecule has 0 spiro atoms. The van der Waals surface area contributed by atoms with E-state index in [9.17, 15) is 9.65 Å². The third-order valence-electron chi connectivity index (χ3n) is 5.58. The monoisotopic (exact) mass is 446 g/mol. The molecule has 160 valence electrons. The molecule has 4 aromatic rings. The summed E-state index contributed by atoms with van der Waals surface area (Å²) in [5.41, 5.74) is 11.0. The lowest BCUT2D eigenvalue weighted by Crippen LogP contribution is -2.09. The molecule has 1 aromatic carbocycles. The van der Waals surface area contributed by atoms with Gasteiger partial charge in [-0.15, -0.1) is 11.3 Å². The van der Waals surface area contributed by atoms with Crippen LogP contribution in [0.4, 0.5) is 10.2 Å². The van der Waals surface area contributed by atoms with Crippen molar-refractivity contribution in [3.05, 3.63) is 63.9 Å². The van der Waals surface area contributed by atoms with Gasteiger partial charge in [0.05, 0.1) is 21.3 Å². The van der Waals surface area contributed by atoms with Crippen molar-refractivity contribution in [1.29, 1.82) is 5.26 Å². The van der Waals surface area contributed by atoms with Crippen LogP contribution in [0.3, 0.4) is 0 Å². The first-order chi connectivity index (χ1) is 15.4. The Morgan fingerprint density at radius 2 is 2.16 bits per heavy atom. The Hall–Kier alpha value is -3.77. The number of aromatic nitrogens is 4. The number of halogens is 1. The molecule has 0 saturated carbocycles. The number of nitrogen functional groups attached to an aromatic ring is 1. The van der Waals surface area contributed by atoms with Crippen LogP contribution in [0, 0.1) is 24.1 Å². The van der Waals surface area contributed by atoms with Crippen LogP contribution in [0.5, 0.6) is 5.75 Å². The topological polar surface area (TPSA) is 103 Å². The van der Waals surface area contributed by atoms with E-state index in [-0.39, 0.29) is 11.6 Å². The summed E-state index contributed by atoms with van der Waals surface area (Å²) < 4.78 is 22.1. The number of aryl methyl sites for hydroxylation is 2. The maximum atomic E-state index is 14.2. The van der Waals surface area contributed by atoms with Crippen molar-refractivity contribution >= 4 is 17.2 Å². The number of thiazole rings is 1. The van der Waals surface area contributed by atoms with Crippen molar-refractivity contribution in [2.24, 2.45) is 7.05 Å². The van der Waals surface area contributed by atoms with Gasteiger partial charge < -0.3 is 10.5 Å². The van der Waals surface area contributed by atoms with Crippen LogP contribution in [0.15, 0.2) is 30.5 Å². The summed E-state index contributed by atoms with van der Waals surface area (Å²) in [6.45, 7) is 3.79. The highest BCUT2D eigenvalue weighted by molar-refractivity contribution is 7.15. The quantitative estimate of drug-likeness (QED) is 0.425. The predicted octanol–water partition coefficient (Wildman–Crippen LogP) is 4.55. The van der Waals surface area contributed by atoms with E-state index in [0.29, 0.717) is 34.6 Å². The zero-order chi connectivity index (χ0) is 22.6. The van der Waals surface area contributed by atoms with Gasteiger partial charge in [-0.2, -0.15) is 10.4 Å². The molecule has 5 rings (SSSR count). The van der Waals surface area contributed by atoms with E-state index in [4.69, 9.17) is 15.5 Å². The van der Waals surface area contributed by atoms with E-state index in [2.05, 4.69) is 16.2 Å². The van der Waals surface area contributed by atoms with Gasteiger partial charge in [0, 0.05) is 41.9 Å². The van der Waals surface area contributed by atoms with Crippen molar-refractivity contribution < 1.29 is 9.13 Å². The van der Waals surface area contributed by atoms with Gasteiger partial charge in [0.15, 0.2) is 17.3 Å². The number of benzene rings is 1. The average molecular weight is 447 g/mol. The summed E-state index contributed by atoms with van der Waals surface area (Å²) in [5.74, 6) is 0.237. The number of fused-ring (bicyclic) bond motifs is 7. The van der Waals surface area contributed by atoms with E-state index < -0.39 is 6.10 Å². The molecule has 0 radical (unpaired) electrons. The van der Waals surface area contributed by atoms with Crippen molar-refractivity contribution in [1.82, 2.24) is 19.7 Å².